The molecule has 0 fully saturated rings. The Balaban J connectivity index is 1.57. The summed E-state index contributed by atoms with van der Waals surface area (Å²) in [7, 11) is 0. The minimum atomic E-state index is -0.147. The number of amides is 1. The van der Waals surface area contributed by atoms with E-state index in [-0.39, 0.29) is 12.3 Å². The second-order valence-corrected chi connectivity index (χ2v) is 6.67. The van der Waals surface area contributed by atoms with E-state index >= 15 is 0 Å². The number of hydrogen-bond acceptors (Lipinski definition) is 2. The fourth-order valence-corrected chi connectivity index (χ4v) is 3.06. The van der Waals surface area contributed by atoms with Crippen LogP contribution in [0.15, 0.2) is 60.7 Å². The maximum Gasteiger partial charge on any atom is 0.242 e. The van der Waals surface area contributed by atoms with E-state index in [2.05, 4.69) is 22.2 Å². The summed E-state index contributed by atoms with van der Waals surface area (Å²) in [6.45, 7) is 4.05. The Bertz CT molecular complexity index is 963. The van der Waals surface area contributed by atoms with Gasteiger partial charge in [-0.2, -0.15) is 0 Å². The zero-order valence-electron chi connectivity index (χ0n) is 14.8. The summed E-state index contributed by atoms with van der Waals surface area (Å²) < 4.78 is 0. The second-order valence-electron chi connectivity index (χ2n) is 6.26. The van der Waals surface area contributed by atoms with Crippen molar-refractivity contribution in [1.82, 2.24) is 10.9 Å². The van der Waals surface area contributed by atoms with Crippen LogP contribution >= 0.6 is 12.2 Å². The maximum absolute atomic E-state index is 12.3. The largest absolute Gasteiger partial charge is 0.331 e. The van der Waals surface area contributed by atoms with E-state index in [4.69, 9.17) is 12.2 Å². The van der Waals surface area contributed by atoms with E-state index < -0.39 is 0 Å². The molecule has 0 bridgehead atoms. The summed E-state index contributed by atoms with van der Waals surface area (Å²) in [5, 5.41) is 5.65. The molecule has 4 nitrogen and oxygen atoms in total. The fraction of sp³-hybridized carbons (Fsp3) is 0.143. The molecule has 0 aliphatic heterocycles. The molecule has 0 heterocycles. The molecule has 0 atom stereocenters. The van der Waals surface area contributed by atoms with Gasteiger partial charge in [-0.25, -0.2) is 0 Å². The Labute approximate surface area is 158 Å². The smallest absolute Gasteiger partial charge is 0.242 e. The van der Waals surface area contributed by atoms with Gasteiger partial charge < -0.3 is 5.32 Å². The topological polar surface area (TPSA) is 53.2 Å². The van der Waals surface area contributed by atoms with Crippen LogP contribution in [0.3, 0.4) is 0 Å². The van der Waals surface area contributed by atoms with Crippen LogP contribution in [0.1, 0.15) is 16.7 Å². The molecule has 1 amide bonds. The SMILES string of the molecule is Cc1ccc(NC(=S)NNC(=O)Cc2cccc3ccccc23)c(C)c1. The molecule has 0 radical (unpaired) electrons. The highest BCUT2D eigenvalue weighted by atomic mass is 32.1. The van der Waals surface area contributed by atoms with E-state index in [0.717, 1.165) is 27.6 Å². The first-order chi connectivity index (χ1) is 12.5. The van der Waals surface area contributed by atoms with E-state index in [0.29, 0.717) is 5.11 Å². The van der Waals surface area contributed by atoms with Crippen molar-refractivity contribution >= 4 is 39.7 Å². The Morgan fingerprint density at radius 2 is 1.73 bits per heavy atom. The minimum Gasteiger partial charge on any atom is -0.331 e. The molecule has 3 aromatic rings. The molecule has 0 spiro atoms. The first-order valence-electron chi connectivity index (χ1n) is 8.42. The third-order valence-electron chi connectivity index (χ3n) is 4.18. The minimum absolute atomic E-state index is 0.147. The number of fused-ring (bicyclic) bond motifs is 1. The first kappa shape index (κ1) is 17.9. The number of rotatable bonds is 3. The van der Waals surface area contributed by atoms with Crippen LogP contribution in [-0.4, -0.2) is 11.0 Å². The van der Waals surface area contributed by atoms with Gasteiger partial charge in [0, 0.05) is 5.69 Å². The van der Waals surface area contributed by atoms with Gasteiger partial charge in [0.05, 0.1) is 6.42 Å². The number of nitrogens with one attached hydrogen (secondary N) is 3. The van der Waals surface area contributed by atoms with Crippen molar-refractivity contribution < 1.29 is 4.79 Å². The summed E-state index contributed by atoms with van der Waals surface area (Å²) in [5.41, 5.74) is 9.60. The molecule has 0 aliphatic rings. The van der Waals surface area contributed by atoms with Crippen LogP contribution in [-0.2, 0) is 11.2 Å². The molecule has 3 aromatic carbocycles. The fourth-order valence-electron chi connectivity index (χ4n) is 2.90. The number of hydrazine groups is 1. The highest BCUT2D eigenvalue weighted by Gasteiger charge is 2.08. The van der Waals surface area contributed by atoms with Crippen molar-refractivity contribution in [2.75, 3.05) is 5.32 Å². The number of anilines is 1. The number of aryl methyl sites for hydroxylation is 2. The molecule has 132 valence electrons. The molecular weight excluding hydrogens is 342 g/mol. The molecule has 0 aliphatic carbocycles. The summed E-state index contributed by atoms with van der Waals surface area (Å²) >= 11 is 5.25. The van der Waals surface area contributed by atoms with Gasteiger partial charge in [-0.05, 0) is 54.0 Å². The lowest BCUT2D eigenvalue weighted by molar-refractivity contribution is -0.120. The van der Waals surface area contributed by atoms with Gasteiger partial charge in [0.2, 0.25) is 5.91 Å². The van der Waals surface area contributed by atoms with Crippen molar-refractivity contribution in [3.8, 4) is 0 Å². The van der Waals surface area contributed by atoms with Gasteiger partial charge in [-0.1, -0.05) is 60.2 Å². The second kappa shape index (κ2) is 7.97. The highest BCUT2D eigenvalue weighted by Crippen LogP contribution is 2.19. The predicted molar refractivity (Wildman–Crippen MR) is 111 cm³/mol. The summed E-state index contributed by atoms with van der Waals surface area (Å²) in [6, 6.07) is 20.1. The first-order valence-corrected chi connectivity index (χ1v) is 8.83. The number of carbonyl (C=O) groups excluding carboxylic acids is 1. The number of benzene rings is 3. The van der Waals surface area contributed by atoms with Gasteiger partial charge >= 0.3 is 0 Å². The van der Waals surface area contributed by atoms with E-state index in [9.17, 15) is 4.79 Å². The quantitative estimate of drug-likeness (QED) is 0.486. The van der Waals surface area contributed by atoms with Crippen LogP contribution in [0.5, 0.6) is 0 Å². The van der Waals surface area contributed by atoms with Gasteiger partial charge in [0.15, 0.2) is 5.11 Å². The van der Waals surface area contributed by atoms with Crippen molar-refractivity contribution in [3.05, 3.63) is 77.4 Å². The average Bonchev–Trinajstić information content (AvgIpc) is 2.63. The van der Waals surface area contributed by atoms with Crippen LogP contribution in [0, 0.1) is 13.8 Å². The Hall–Kier alpha value is -2.92. The highest BCUT2D eigenvalue weighted by molar-refractivity contribution is 7.80. The van der Waals surface area contributed by atoms with E-state index in [1.807, 2.05) is 68.4 Å². The lowest BCUT2D eigenvalue weighted by Crippen LogP contribution is -2.44. The number of carbonyl (C=O) groups is 1. The molecule has 5 heteroatoms. The Kier molecular flexibility index (Phi) is 5.49. The molecule has 0 saturated carbocycles. The monoisotopic (exact) mass is 363 g/mol. The van der Waals surface area contributed by atoms with Crippen molar-refractivity contribution in [2.45, 2.75) is 20.3 Å². The molecular formula is C21H21N3OS. The van der Waals surface area contributed by atoms with Crippen molar-refractivity contribution in [2.24, 2.45) is 0 Å². The lowest BCUT2D eigenvalue weighted by atomic mass is 10.0. The molecule has 0 aromatic heterocycles. The molecule has 0 saturated heterocycles. The molecule has 3 rings (SSSR count). The predicted octanol–water partition coefficient (Wildman–Crippen LogP) is 4.02. The van der Waals surface area contributed by atoms with Crippen LogP contribution in [0.4, 0.5) is 5.69 Å². The van der Waals surface area contributed by atoms with E-state index in [1.54, 1.807) is 0 Å². The van der Waals surface area contributed by atoms with Gasteiger partial charge in [-0.3, -0.25) is 15.6 Å². The maximum atomic E-state index is 12.3. The standard InChI is InChI=1S/C21H21N3OS/c1-14-10-11-19(15(2)12-14)22-21(26)24-23-20(25)13-17-8-5-7-16-6-3-4-9-18(16)17/h3-12H,13H2,1-2H3,(H,23,25)(H2,22,24,26). The zero-order valence-corrected chi connectivity index (χ0v) is 15.6. The van der Waals surface area contributed by atoms with Gasteiger partial charge in [-0.15, -0.1) is 0 Å². The Morgan fingerprint density at radius 3 is 2.54 bits per heavy atom. The molecule has 3 N–H and O–H groups in total. The normalized spacial score (nSPS) is 10.4. The molecule has 26 heavy (non-hydrogen) atoms. The number of hydrogen-bond donors (Lipinski definition) is 3. The zero-order chi connectivity index (χ0) is 18.5. The third kappa shape index (κ3) is 4.37. The van der Waals surface area contributed by atoms with Crippen LogP contribution in [0.2, 0.25) is 0 Å². The van der Waals surface area contributed by atoms with E-state index in [1.165, 1.54) is 5.56 Å². The summed E-state index contributed by atoms with van der Waals surface area (Å²) in [6.07, 6.45) is 0.278. The Morgan fingerprint density at radius 1 is 0.962 bits per heavy atom. The number of thiocarbonyl (C=S) groups is 1. The molecule has 0 unspecified atom stereocenters. The lowest BCUT2D eigenvalue weighted by Gasteiger charge is -2.14. The average molecular weight is 363 g/mol. The summed E-state index contributed by atoms with van der Waals surface area (Å²) in [4.78, 5) is 12.3. The van der Waals surface area contributed by atoms with Crippen LogP contribution in [0.25, 0.3) is 10.8 Å². The van der Waals surface area contributed by atoms with Gasteiger partial charge in [0.25, 0.3) is 0 Å². The van der Waals surface area contributed by atoms with Crippen molar-refractivity contribution in [1.29, 1.82) is 0 Å². The van der Waals surface area contributed by atoms with Crippen LogP contribution < -0.4 is 16.2 Å². The van der Waals surface area contributed by atoms with Gasteiger partial charge in [0.1, 0.15) is 0 Å². The summed E-state index contributed by atoms with van der Waals surface area (Å²) in [5.74, 6) is -0.147. The third-order valence-corrected chi connectivity index (χ3v) is 4.38. The van der Waals surface area contributed by atoms with Crippen molar-refractivity contribution in [3.63, 3.8) is 0 Å².